The summed E-state index contributed by atoms with van der Waals surface area (Å²) in [5.74, 6) is 0.356. The maximum Gasteiger partial charge on any atom is 0.149 e. The molecule has 0 aromatic carbocycles. The Hall–Kier alpha value is -2.82. The van der Waals surface area contributed by atoms with Crippen molar-refractivity contribution in [3.05, 3.63) is 16.7 Å². The van der Waals surface area contributed by atoms with Gasteiger partial charge < -0.3 is 15.7 Å². The zero-order valence-corrected chi connectivity index (χ0v) is 11.4. The molecule has 0 unspecified atom stereocenters. The monoisotopic (exact) mass is 282 g/mol. The first-order chi connectivity index (χ1) is 10.1. The number of aromatic nitrogens is 1. The number of nitrogens with zero attached hydrogens (tertiary/aromatic N) is 5. The normalized spacial score (nSPS) is 17.6. The second-order valence-corrected chi connectivity index (χ2v) is 4.85. The summed E-state index contributed by atoms with van der Waals surface area (Å²) in [4.78, 5) is 5.94. The minimum Gasteiger partial charge on any atom is -0.391 e. The molecule has 1 saturated heterocycles. The standard InChI is InChI=1S/C14H14N6O/c15-4-3-10-11(6-16)13(18)19-14(12(10)7-17)20-5-1-2-9(21)8-20/h9,21H,1-3,5,8H2,(H2,18,19)/t9-/m1/s1. The summed E-state index contributed by atoms with van der Waals surface area (Å²) in [7, 11) is 0. The van der Waals surface area contributed by atoms with Crippen LogP contribution in [0.4, 0.5) is 11.6 Å². The van der Waals surface area contributed by atoms with Crippen LogP contribution in [0.5, 0.6) is 0 Å². The number of hydrogen-bond acceptors (Lipinski definition) is 7. The molecule has 7 nitrogen and oxygen atoms in total. The molecule has 7 heteroatoms. The number of nitrogens with two attached hydrogens (primary N) is 1. The first kappa shape index (κ1) is 14.6. The molecule has 0 spiro atoms. The van der Waals surface area contributed by atoms with Crippen molar-refractivity contribution in [2.75, 3.05) is 23.7 Å². The maximum atomic E-state index is 9.76. The number of aliphatic hydroxyl groups is 1. The van der Waals surface area contributed by atoms with E-state index >= 15 is 0 Å². The second kappa shape index (κ2) is 6.09. The van der Waals surface area contributed by atoms with Gasteiger partial charge in [-0.2, -0.15) is 15.8 Å². The van der Waals surface area contributed by atoms with Gasteiger partial charge in [0.25, 0.3) is 0 Å². The Morgan fingerprint density at radius 1 is 1.29 bits per heavy atom. The molecule has 106 valence electrons. The van der Waals surface area contributed by atoms with Crippen LogP contribution in [0, 0.1) is 34.0 Å². The lowest BCUT2D eigenvalue weighted by atomic mass is 9.99. The Morgan fingerprint density at radius 2 is 2.00 bits per heavy atom. The minimum absolute atomic E-state index is 0.0109. The first-order valence-corrected chi connectivity index (χ1v) is 6.54. The lowest BCUT2D eigenvalue weighted by Gasteiger charge is -2.32. The first-order valence-electron chi connectivity index (χ1n) is 6.54. The smallest absolute Gasteiger partial charge is 0.149 e. The van der Waals surface area contributed by atoms with E-state index in [1.807, 2.05) is 18.2 Å². The van der Waals surface area contributed by atoms with Gasteiger partial charge in [-0.3, -0.25) is 0 Å². The van der Waals surface area contributed by atoms with Crippen LogP contribution in [0.1, 0.15) is 29.5 Å². The Bertz CT molecular complexity index is 679. The fourth-order valence-corrected chi connectivity index (χ4v) is 2.51. The molecule has 1 fully saturated rings. The molecule has 1 aromatic heterocycles. The van der Waals surface area contributed by atoms with E-state index in [-0.39, 0.29) is 23.4 Å². The molecule has 0 bridgehead atoms. The quantitative estimate of drug-likeness (QED) is 0.803. The summed E-state index contributed by atoms with van der Waals surface area (Å²) >= 11 is 0. The molecule has 0 saturated carbocycles. The molecule has 0 aliphatic carbocycles. The van der Waals surface area contributed by atoms with E-state index in [4.69, 9.17) is 16.3 Å². The summed E-state index contributed by atoms with van der Waals surface area (Å²) in [5.41, 5.74) is 6.37. The topological polar surface area (TPSA) is 134 Å². The number of nitriles is 3. The van der Waals surface area contributed by atoms with Crippen molar-refractivity contribution in [2.24, 2.45) is 0 Å². The highest BCUT2D eigenvalue weighted by Gasteiger charge is 2.25. The lowest BCUT2D eigenvalue weighted by molar-refractivity contribution is 0.154. The average molecular weight is 282 g/mol. The molecule has 1 aliphatic heterocycles. The summed E-state index contributed by atoms with van der Waals surface area (Å²) < 4.78 is 0. The Labute approximate surface area is 122 Å². The average Bonchev–Trinajstić information content (AvgIpc) is 2.47. The van der Waals surface area contributed by atoms with Crippen LogP contribution in [0.2, 0.25) is 0 Å². The highest BCUT2D eigenvalue weighted by molar-refractivity contribution is 5.69. The second-order valence-electron chi connectivity index (χ2n) is 4.85. The molecule has 1 aromatic rings. The van der Waals surface area contributed by atoms with E-state index in [9.17, 15) is 10.4 Å². The largest absolute Gasteiger partial charge is 0.391 e. The molecule has 2 heterocycles. The third-order valence-electron chi connectivity index (χ3n) is 3.49. The molecular weight excluding hydrogens is 268 g/mol. The van der Waals surface area contributed by atoms with E-state index in [2.05, 4.69) is 4.98 Å². The van der Waals surface area contributed by atoms with Crippen molar-refractivity contribution in [3.63, 3.8) is 0 Å². The lowest BCUT2D eigenvalue weighted by Crippen LogP contribution is -2.39. The van der Waals surface area contributed by atoms with Crippen LogP contribution in [0.3, 0.4) is 0 Å². The molecule has 1 aliphatic rings. The van der Waals surface area contributed by atoms with Crippen LogP contribution >= 0.6 is 0 Å². The van der Waals surface area contributed by atoms with Crippen molar-refractivity contribution in [3.8, 4) is 18.2 Å². The van der Waals surface area contributed by atoms with E-state index in [0.717, 1.165) is 6.42 Å². The number of aliphatic hydroxyl groups excluding tert-OH is 1. The molecule has 1 atom stereocenters. The fourth-order valence-electron chi connectivity index (χ4n) is 2.51. The van der Waals surface area contributed by atoms with E-state index in [0.29, 0.717) is 30.9 Å². The SMILES string of the molecule is N#CCc1c(C#N)c(N)nc(N2CCC[C@@H](O)C2)c1C#N. The number of hydrogen-bond donors (Lipinski definition) is 2. The van der Waals surface area contributed by atoms with Crippen LogP contribution < -0.4 is 10.6 Å². The zero-order chi connectivity index (χ0) is 15.4. The predicted molar refractivity (Wildman–Crippen MR) is 74.9 cm³/mol. The van der Waals surface area contributed by atoms with Gasteiger partial charge >= 0.3 is 0 Å². The third kappa shape index (κ3) is 2.72. The van der Waals surface area contributed by atoms with Gasteiger partial charge in [0.05, 0.1) is 24.2 Å². The molecular formula is C14H14N6O. The van der Waals surface area contributed by atoms with Crippen molar-refractivity contribution in [1.82, 2.24) is 4.98 Å². The summed E-state index contributed by atoms with van der Waals surface area (Å²) in [6.07, 6.45) is 0.918. The van der Waals surface area contributed by atoms with Crippen LogP contribution in [0.15, 0.2) is 0 Å². The third-order valence-corrected chi connectivity index (χ3v) is 3.49. The number of piperidine rings is 1. The molecule has 3 N–H and O–H groups in total. The number of β-amino-alcohol motifs (C(OH)–C–C–N with tert-alkyl or cyclic N) is 1. The van der Waals surface area contributed by atoms with E-state index in [1.165, 1.54) is 0 Å². The number of nitrogen functional groups attached to an aromatic ring is 1. The van der Waals surface area contributed by atoms with Crippen molar-refractivity contribution in [1.29, 1.82) is 15.8 Å². The predicted octanol–water partition coefficient (Wildman–Crippen LogP) is 0.434. The molecule has 21 heavy (non-hydrogen) atoms. The Kier molecular flexibility index (Phi) is 4.23. The molecule has 0 amide bonds. The van der Waals surface area contributed by atoms with Gasteiger partial charge in [-0.1, -0.05) is 0 Å². The minimum atomic E-state index is -0.483. The van der Waals surface area contributed by atoms with Gasteiger partial charge in [0.1, 0.15) is 29.3 Å². The van der Waals surface area contributed by atoms with Crippen LogP contribution in [-0.2, 0) is 6.42 Å². The van der Waals surface area contributed by atoms with Gasteiger partial charge in [0, 0.05) is 18.7 Å². The number of rotatable bonds is 2. The van der Waals surface area contributed by atoms with E-state index < -0.39 is 6.10 Å². The van der Waals surface area contributed by atoms with Crippen LogP contribution in [0.25, 0.3) is 0 Å². The van der Waals surface area contributed by atoms with Crippen LogP contribution in [-0.4, -0.2) is 29.3 Å². The Balaban J connectivity index is 2.59. The van der Waals surface area contributed by atoms with Gasteiger partial charge in [-0.15, -0.1) is 0 Å². The van der Waals surface area contributed by atoms with Gasteiger partial charge in [-0.05, 0) is 12.8 Å². The maximum absolute atomic E-state index is 9.76. The van der Waals surface area contributed by atoms with E-state index in [1.54, 1.807) is 4.90 Å². The number of anilines is 2. The zero-order valence-electron chi connectivity index (χ0n) is 11.4. The highest BCUT2D eigenvalue weighted by atomic mass is 16.3. The number of pyridine rings is 1. The van der Waals surface area contributed by atoms with Gasteiger partial charge in [0.15, 0.2) is 0 Å². The van der Waals surface area contributed by atoms with Crippen molar-refractivity contribution < 1.29 is 5.11 Å². The fraction of sp³-hybridized carbons (Fsp3) is 0.429. The Morgan fingerprint density at radius 3 is 2.57 bits per heavy atom. The summed E-state index contributed by atoms with van der Waals surface area (Å²) in [5, 5.41) is 37.2. The molecule has 0 radical (unpaired) electrons. The summed E-state index contributed by atoms with van der Waals surface area (Å²) in [6, 6.07) is 5.87. The van der Waals surface area contributed by atoms with Crippen molar-refractivity contribution in [2.45, 2.75) is 25.4 Å². The van der Waals surface area contributed by atoms with Gasteiger partial charge in [-0.25, -0.2) is 4.98 Å². The summed E-state index contributed by atoms with van der Waals surface area (Å²) in [6.45, 7) is 1.01. The van der Waals surface area contributed by atoms with Crippen molar-refractivity contribution >= 4 is 11.6 Å². The molecule has 2 rings (SSSR count). The van der Waals surface area contributed by atoms with Gasteiger partial charge in [0.2, 0.25) is 0 Å². The highest BCUT2D eigenvalue weighted by Crippen LogP contribution is 2.29.